The van der Waals surface area contributed by atoms with Crippen molar-refractivity contribution in [1.29, 1.82) is 0 Å². The van der Waals surface area contributed by atoms with Crippen LogP contribution in [0, 0.1) is 3.57 Å². The Kier molecular flexibility index (Phi) is 6.25. The smallest absolute Gasteiger partial charge is 0.252 e. The van der Waals surface area contributed by atoms with Crippen LogP contribution < -0.4 is 5.32 Å². The van der Waals surface area contributed by atoms with Crippen molar-refractivity contribution < 1.29 is 4.79 Å². The molecule has 1 aliphatic rings. The summed E-state index contributed by atoms with van der Waals surface area (Å²) in [6, 6.07) is 5.76. The molecule has 1 heterocycles. The molecule has 1 aliphatic heterocycles. The summed E-state index contributed by atoms with van der Waals surface area (Å²) in [5.74, 6) is 0.00447. The molecule has 1 amide bonds. The van der Waals surface area contributed by atoms with Gasteiger partial charge in [0.25, 0.3) is 5.91 Å². The normalized spacial score (nSPS) is 17.1. The van der Waals surface area contributed by atoms with Gasteiger partial charge in [-0.1, -0.05) is 15.9 Å². The quantitative estimate of drug-likeness (QED) is 0.711. The van der Waals surface area contributed by atoms with Gasteiger partial charge in [-0.15, -0.1) is 0 Å². The van der Waals surface area contributed by atoms with Crippen molar-refractivity contribution in [3.8, 4) is 0 Å². The van der Waals surface area contributed by atoms with Crippen molar-refractivity contribution in [2.45, 2.75) is 0 Å². The molecule has 4 nitrogen and oxygen atoms in total. The van der Waals surface area contributed by atoms with Crippen LogP contribution in [0.5, 0.6) is 0 Å². The third-order valence-corrected chi connectivity index (χ3v) is 4.92. The van der Waals surface area contributed by atoms with E-state index in [0.717, 1.165) is 46.3 Å². The molecule has 0 radical (unpaired) electrons. The highest BCUT2D eigenvalue weighted by Gasteiger charge is 2.14. The van der Waals surface area contributed by atoms with E-state index in [1.54, 1.807) is 0 Å². The number of benzene rings is 1. The van der Waals surface area contributed by atoms with Crippen LogP contribution in [-0.2, 0) is 0 Å². The van der Waals surface area contributed by atoms with Crippen molar-refractivity contribution in [2.24, 2.45) is 0 Å². The van der Waals surface area contributed by atoms with Crippen molar-refractivity contribution >= 4 is 44.4 Å². The second kappa shape index (κ2) is 7.72. The number of piperazine rings is 1. The molecule has 6 heteroatoms. The first-order chi connectivity index (χ1) is 9.56. The Balaban J connectivity index is 1.79. The molecule has 0 bridgehead atoms. The average Bonchev–Trinajstić information content (AvgIpc) is 2.43. The lowest BCUT2D eigenvalue weighted by atomic mass is 10.2. The minimum atomic E-state index is 0.00447. The van der Waals surface area contributed by atoms with Crippen LogP contribution in [0.4, 0.5) is 0 Å². The van der Waals surface area contributed by atoms with Gasteiger partial charge in [-0.25, -0.2) is 0 Å². The maximum absolute atomic E-state index is 12.1. The number of amides is 1. The molecule has 1 aromatic carbocycles. The Morgan fingerprint density at radius 2 is 2.05 bits per heavy atom. The third-order valence-electron chi connectivity index (χ3n) is 3.48. The Morgan fingerprint density at radius 3 is 2.75 bits per heavy atom. The van der Waals surface area contributed by atoms with Gasteiger partial charge in [0.05, 0.1) is 5.56 Å². The predicted molar refractivity (Wildman–Crippen MR) is 93.1 cm³/mol. The van der Waals surface area contributed by atoms with E-state index in [1.807, 2.05) is 18.2 Å². The first-order valence-corrected chi connectivity index (χ1v) is 8.57. The van der Waals surface area contributed by atoms with Crippen molar-refractivity contribution in [1.82, 2.24) is 15.1 Å². The van der Waals surface area contributed by atoms with Crippen LogP contribution in [0.15, 0.2) is 22.7 Å². The number of hydrogen-bond acceptors (Lipinski definition) is 3. The van der Waals surface area contributed by atoms with E-state index in [0.29, 0.717) is 6.54 Å². The maximum Gasteiger partial charge on any atom is 0.252 e. The van der Waals surface area contributed by atoms with E-state index in [-0.39, 0.29) is 5.91 Å². The van der Waals surface area contributed by atoms with Crippen molar-refractivity contribution in [2.75, 3.05) is 46.3 Å². The average molecular weight is 452 g/mol. The van der Waals surface area contributed by atoms with Gasteiger partial charge < -0.3 is 10.2 Å². The topological polar surface area (TPSA) is 35.6 Å². The van der Waals surface area contributed by atoms with Crippen LogP contribution >= 0.6 is 38.5 Å². The lowest BCUT2D eigenvalue weighted by Gasteiger charge is -2.32. The van der Waals surface area contributed by atoms with E-state index < -0.39 is 0 Å². The fourth-order valence-electron chi connectivity index (χ4n) is 2.17. The molecule has 0 unspecified atom stereocenters. The zero-order valence-corrected chi connectivity index (χ0v) is 15.3. The minimum Gasteiger partial charge on any atom is -0.351 e. The van der Waals surface area contributed by atoms with Crippen molar-refractivity contribution in [3.05, 3.63) is 31.8 Å². The first-order valence-electron chi connectivity index (χ1n) is 6.70. The summed E-state index contributed by atoms with van der Waals surface area (Å²) in [4.78, 5) is 16.9. The molecule has 0 spiro atoms. The first kappa shape index (κ1) is 16.2. The number of hydrogen-bond donors (Lipinski definition) is 1. The number of likely N-dealkylation sites (N-methyl/N-ethyl adjacent to an activating group) is 1. The largest absolute Gasteiger partial charge is 0.351 e. The third kappa shape index (κ3) is 4.68. The van der Waals surface area contributed by atoms with Gasteiger partial charge in [0.15, 0.2) is 0 Å². The van der Waals surface area contributed by atoms with Gasteiger partial charge in [-0.3, -0.25) is 9.69 Å². The number of rotatable bonds is 4. The van der Waals surface area contributed by atoms with E-state index in [2.05, 4.69) is 60.7 Å². The summed E-state index contributed by atoms with van der Waals surface area (Å²) in [7, 11) is 2.15. The summed E-state index contributed by atoms with van der Waals surface area (Å²) in [5, 5.41) is 3.01. The van der Waals surface area contributed by atoms with Crippen LogP contribution in [0.2, 0.25) is 0 Å². The van der Waals surface area contributed by atoms with E-state index in [4.69, 9.17) is 0 Å². The van der Waals surface area contributed by atoms with Gasteiger partial charge in [-0.05, 0) is 47.8 Å². The van der Waals surface area contributed by atoms with Gasteiger partial charge in [0.2, 0.25) is 0 Å². The zero-order valence-electron chi connectivity index (χ0n) is 11.5. The van der Waals surface area contributed by atoms with E-state index in [9.17, 15) is 4.79 Å². The minimum absolute atomic E-state index is 0.00447. The summed E-state index contributed by atoms with van der Waals surface area (Å²) in [5.41, 5.74) is 0.735. The molecule has 1 N–H and O–H groups in total. The van der Waals surface area contributed by atoms with Crippen LogP contribution in [0.25, 0.3) is 0 Å². The maximum atomic E-state index is 12.1. The highest BCUT2D eigenvalue weighted by atomic mass is 127. The predicted octanol–water partition coefficient (Wildman–Crippen LogP) is 2.03. The Labute approximate surface area is 142 Å². The lowest BCUT2D eigenvalue weighted by Crippen LogP contribution is -2.46. The van der Waals surface area contributed by atoms with E-state index in [1.165, 1.54) is 0 Å². The fourth-order valence-corrected chi connectivity index (χ4v) is 3.11. The molecule has 1 fully saturated rings. The monoisotopic (exact) mass is 451 g/mol. The summed E-state index contributed by atoms with van der Waals surface area (Å²) in [6.07, 6.45) is 0. The molecule has 1 saturated heterocycles. The molecular formula is C14H19BrIN3O. The molecule has 110 valence electrons. The SMILES string of the molecule is CN1CCN(CCNC(=O)c2cc(Br)ccc2I)CC1. The van der Waals surface area contributed by atoms with Gasteiger partial charge in [0.1, 0.15) is 0 Å². The summed E-state index contributed by atoms with van der Waals surface area (Å²) in [6.45, 7) is 6.01. The Bertz CT molecular complexity index is 475. The highest BCUT2D eigenvalue weighted by molar-refractivity contribution is 14.1. The van der Waals surface area contributed by atoms with E-state index >= 15 is 0 Å². The number of nitrogens with zero attached hydrogens (tertiary/aromatic N) is 2. The number of halogens is 2. The van der Waals surface area contributed by atoms with Crippen molar-refractivity contribution in [3.63, 3.8) is 0 Å². The van der Waals surface area contributed by atoms with Gasteiger partial charge >= 0.3 is 0 Å². The molecule has 1 aromatic rings. The Hall–Kier alpha value is -0.180. The molecule has 0 saturated carbocycles. The Morgan fingerprint density at radius 1 is 1.35 bits per heavy atom. The van der Waals surface area contributed by atoms with Gasteiger partial charge in [-0.2, -0.15) is 0 Å². The fraction of sp³-hybridized carbons (Fsp3) is 0.500. The standard InChI is InChI=1S/C14H19BrIN3O/c1-18-6-8-19(9-7-18)5-4-17-14(20)12-10-11(15)2-3-13(12)16/h2-3,10H,4-9H2,1H3,(H,17,20). The highest BCUT2D eigenvalue weighted by Crippen LogP contribution is 2.18. The number of carbonyl (C=O) groups is 1. The molecule has 0 aromatic heterocycles. The zero-order chi connectivity index (χ0) is 14.5. The summed E-state index contributed by atoms with van der Waals surface area (Å²) < 4.78 is 1.91. The second-order valence-corrected chi connectivity index (χ2v) is 7.10. The summed E-state index contributed by atoms with van der Waals surface area (Å²) >= 11 is 5.60. The molecule has 0 atom stereocenters. The van der Waals surface area contributed by atoms with Crippen LogP contribution in [-0.4, -0.2) is 62.0 Å². The van der Waals surface area contributed by atoms with Crippen LogP contribution in [0.1, 0.15) is 10.4 Å². The molecular weight excluding hydrogens is 433 g/mol. The lowest BCUT2D eigenvalue weighted by molar-refractivity contribution is 0.0940. The second-order valence-electron chi connectivity index (χ2n) is 5.02. The number of carbonyl (C=O) groups excluding carboxylic acids is 1. The number of nitrogens with one attached hydrogen (secondary N) is 1. The van der Waals surface area contributed by atoms with Gasteiger partial charge in [0, 0.05) is 47.3 Å². The molecule has 20 heavy (non-hydrogen) atoms. The van der Waals surface area contributed by atoms with Crippen LogP contribution in [0.3, 0.4) is 0 Å². The molecule has 2 rings (SSSR count). The molecule has 0 aliphatic carbocycles.